The van der Waals surface area contributed by atoms with Crippen LogP contribution in [0.25, 0.3) is 11.1 Å². The van der Waals surface area contributed by atoms with Crippen molar-refractivity contribution >= 4 is 0 Å². The first-order valence-electron chi connectivity index (χ1n) is 13.6. The summed E-state index contributed by atoms with van der Waals surface area (Å²) < 4.78 is 11.9. The highest BCUT2D eigenvalue weighted by Gasteiger charge is 2.19. The summed E-state index contributed by atoms with van der Waals surface area (Å²) in [4.78, 5) is 9.60. The third kappa shape index (κ3) is 8.64. The van der Waals surface area contributed by atoms with E-state index in [0.29, 0.717) is 0 Å². The molecule has 4 heteroatoms. The van der Waals surface area contributed by atoms with E-state index in [-0.39, 0.29) is 0 Å². The van der Waals surface area contributed by atoms with E-state index in [1.54, 1.807) is 0 Å². The van der Waals surface area contributed by atoms with Crippen molar-refractivity contribution in [2.24, 2.45) is 0 Å². The molecule has 0 radical (unpaired) electrons. The van der Waals surface area contributed by atoms with Crippen molar-refractivity contribution in [3.8, 4) is 22.9 Å². The molecule has 33 heavy (non-hydrogen) atoms. The quantitative estimate of drug-likeness (QED) is 0.227. The second-order valence-electron chi connectivity index (χ2n) is 9.37. The Balaban J connectivity index is 1.43. The molecule has 0 aromatic carbocycles. The Kier molecular flexibility index (Phi) is 11.5. The molecule has 0 spiro atoms. The maximum atomic E-state index is 5.95. The van der Waals surface area contributed by atoms with Gasteiger partial charge in [0.15, 0.2) is 0 Å². The SMILES string of the molecule is CCCCCCCCCOc1ccc2c(n1)CCc1nc(OCCCCCCCC)ccc1-2. The van der Waals surface area contributed by atoms with Gasteiger partial charge in [0, 0.05) is 23.3 Å². The van der Waals surface area contributed by atoms with Crippen LogP contribution in [-0.4, -0.2) is 23.2 Å². The molecular formula is C29H44N2O2. The van der Waals surface area contributed by atoms with Gasteiger partial charge >= 0.3 is 0 Å². The Bertz CT molecular complexity index is 821. The fourth-order valence-electron chi connectivity index (χ4n) is 4.53. The first kappa shape index (κ1) is 25.5. The highest BCUT2D eigenvalue weighted by atomic mass is 16.5. The van der Waals surface area contributed by atoms with E-state index in [1.165, 1.54) is 81.8 Å². The normalized spacial score (nSPS) is 12.3. The van der Waals surface area contributed by atoms with Gasteiger partial charge in [-0.1, -0.05) is 84.5 Å². The van der Waals surface area contributed by atoms with Crippen LogP contribution < -0.4 is 9.47 Å². The maximum Gasteiger partial charge on any atom is 0.213 e. The van der Waals surface area contributed by atoms with E-state index in [4.69, 9.17) is 19.4 Å². The van der Waals surface area contributed by atoms with Gasteiger partial charge in [0.2, 0.25) is 11.8 Å². The van der Waals surface area contributed by atoms with Crippen molar-refractivity contribution in [3.63, 3.8) is 0 Å². The Morgan fingerprint density at radius 3 is 1.36 bits per heavy atom. The van der Waals surface area contributed by atoms with E-state index in [0.717, 1.165) is 62.0 Å². The summed E-state index contributed by atoms with van der Waals surface area (Å²) >= 11 is 0. The molecule has 0 saturated heterocycles. The number of nitrogens with zero attached hydrogens (tertiary/aromatic N) is 2. The molecule has 0 bridgehead atoms. The molecule has 4 nitrogen and oxygen atoms in total. The Hall–Kier alpha value is -2.10. The minimum Gasteiger partial charge on any atom is -0.478 e. The van der Waals surface area contributed by atoms with Gasteiger partial charge < -0.3 is 9.47 Å². The first-order chi connectivity index (χ1) is 16.3. The summed E-state index contributed by atoms with van der Waals surface area (Å²) in [6.07, 6.45) is 18.5. The minimum atomic E-state index is 0.758. The Labute approximate surface area is 201 Å². The van der Waals surface area contributed by atoms with Crippen LogP contribution in [0.2, 0.25) is 0 Å². The average molecular weight is 453 g/mol. The molecule has 3 rings (SSSR count). The molecule has 1 aliphatic carbocycles. The maximum absolute atomic E-state index is 5.95. The van der Waals surface area contributed by atoms with Crippen molar-refractivity contribution in [2.45, 2.75) is 110 Å². The second-order valence-corrected chi connectivity index (χ2v) is 9.37. The molecule has 0 unspecified atom stereocenters. The summed E-state index contributed by atoms with van der Waals surface area (Å²) in [5, 5.41) is 0. The zero-order valence-electron chi connectivity index (χ0n) is 21.0. The zero-order chi connectivity index (χ0) is 23.1. The van der Waals surface area contributed by atoms with Gasteiger partial charge in [-0.3, -0.25) is 0 Å². The lowest BCUT2D eigenvalue weighted by molar-refractivity contribution is 0.291. The minimum absolute atomic E-state index is 0.758. The summed E-state index contributed by atoms with van der Waals surface area (Å²) in [5.74, 6) is 1.52. The molecule has 0 atom stereocenters. The highest BCUT2D eigenvalue weighted by Crippen LogP contribution is 2.34. The molecule has 0 aliphatic heterocycles. The largest absolute Gasteiger partial charge is 0.478 e. The summed E-state index contributed by atoms with van der Waals surface area (Å²) in [6, 6.07) is 8.32. The lowest BCUT2D eigenvalue weighted by Gasteiger charge is -2.19. The van der Waals surface area contributed by atoms with Crippen LogP contribution in [0.4, 0.5) is 0 Å². The van der Waals surface area contributed by atoms with Gasteiger partial charge in [0.05, 0.1) is 24.6 Å². The number of ether oxygens (including phenoxy) is 2. The van der Waals surface area contributed by atoms with E-state index < -0.39 is 0 Å². The van der Waals surface area contributed by atoms with Crippen molar-refractivity contribution in [1.82, 2.24) is 9.97 Å². The third-order valence-electron chi connectivity index (χ3n) is 6.53. The average Bonchev–Trinajstić information content (AvgIpc) is 2.84. The number of hydrogen-bond acceptors (Lipinski definition) is 4. The lowest BCUT2D eigenvalue weighted by atomic mass is 9.92. The van der Waals surface area contributed by atoms with Gasteiger partial charge in [0.25, 0.3) is 0 Å². The fraction of sp³-hybridized carbons (Fsp3) is 0.655. The van der Waals surface area contributed by atoms with Crippen molar-refractivity contribution in [2.75, 3.05) is 13.2 Å². The number of aryl methyl sites for hydroxylation is 2. The van der Waals surface area contributed by atoms with Crippen molar-refractivity contribution in [1.29, 1.82) is 0 Å². The van der Waals surface area contributed by atoms with Crippen LogP contribution in [0.15, 0.2) is 24.3 Å². The van der Waals surface area contributed by atoms with E-state index in [9.17, 15) is 0 Å². The van der Waals surface area contributed by atoms with Crippen LogP contribution in [0.3, 0.4) is 0 Å². The topological polar surface area (TPSA) is 44.2 Å². The number of fused-ring (bicyclic) bond motifs is 3. The molecular weight excluding hydrogens is 408 g/mol. The predicted octanol–water partition coefficient (Wildman–Crippen LogP) is 8.11. The zero-order valence-corrected chi connectivity index (χ0v) is 21.0. The van der Waals surface area contributed by atoms with Gasteiger partial charge in [-0.25, -0.2) is 9.97 Å². The van der Waals surface area contributed by atoms with Crippen LogP contribution in [0.5, 0.6) is 11.8 Å². The standard InChI is InChI=1S/C29H44N2O2/c1-3-5-7-9-11-13-15-23-33-29-21-17-25-24-16-20-28(30-26(24)18-19-27(25)31-29)32-22-14-12-10-8-6-4-2/h16-17,20-21H,3-15,18-19,22-23H2,1-2H3. The van der Waals surface area contributed by atoms with Gasteiger partial charge in [0.1, 0.15) is 0 Å². The number of rotatable bonds is 17. The molecule has 2 heterocycles. The van der Waals surface area contributed by atoms with Crippen LogP contribution in [0, 0.1) is 0 Å². The molecule has 2 aromatic heterocycles. The molecule has 0 saturated carbocycles. The van der Waals surface area contributed by atoms with Crippen LogP contribution >= 0.6 is 0 Å². The summed E-state index contributed by atoms with van der Waals surface area (Å²) in [7, 11) is 0. The lowest BCUT2D eigenvalue weighted by Crippen LogP contribution is -2.10. The van der Waals surface area contributed by atoms with Crippen molar-refractivity contribution in [3.05, 3.63) is 35.7 Å². The molecule has 182 valence electrons. The summed E-state index contributed by atoms with van der Waals surface area (Å²) in [6.45, 7) is 6.04. The number of pyridine rings is 2. The monoisotopic (exact) mass is 452 g/mol. The fourth-order valence-corrected chi connectivity index (χ4v) is 4.53. The van der Waals surface area contributed by atoms with Crippen LogP contribution in [0.1, 0.15) is 109 Å². The van der Waals surface area contributed by atoms with Gasteiger partial charge in [-0.05, 0) is 37.8 Å². The molecule has 0 fully saturated rings. The Morgan fingerprint density at radius 2 is 0.939 bits per heavy atom. The number of aromatic nitrogens is 2. The molecule has 2 aromatic rings. The third-order valence-corrected chi connectivity index (χ3v) is 6.53. The van der Waals surface area contributed by atoms with Crippen molar-refractivity contribution < 1.29 is 9.47 Å². The van der Waals surface area contributed by atoms with Gasteiger partial charge in [-0.2, -0.15) is 0 Å². The second kappa shape index (κ2) is 14.9. The predicted molar refractivity (Wildman–Crippen MR) is 137 cm³/mol. The van der Waals surface area contributed by atoms with Gasteiger partial charge in [-0.15, -0.1) is 0 Å². The summed E-state index contributed by atoms with van der Waals surface area (Å²) in [5.41, 5.74) is 4.63. The smallest absolute Gasteiger partial charge is 0.213 e. The van der Waals surface area contributed by atoms with E-state index in [2.05, 4.69) is 26.0 Å². The molecule has 0 N–H and O–H groups in total. The van der Waals surface area contributed by atoms with E-state index >= 15 is 0 Å². The Morgan fingerprint density at radius 1 is 0.545 bits per heavy atom. The van der Waals surface area contributed by atoms with E-state index in [1.807, 2.05) is 12.1 Å². The van der Waals surface area contributed by atoms with Crippen LogP contribution in [-0.2, 0) is 12.8 Å². The molecule has 1 aliphatic rings. The number of unbranched alkanes of at least 4 members (excludes halogenated alkanes) is 11. The molecule has 0 amide bonds. The number of hydrogen-bond donors (Lipinski definition) is 0. The highest BCUT2D eigenvalue weighted by molar-refractivity contribution is 5.71. The first-order valence-corrected chi connectivity index (χ1v) is 13.6.